The summed E-state index contributed by atoms with van der Waals surface area (Å²) in [5, 5.41) is 6.80. The number of hydrogen-bond donors (Lipinski definition) is 2. The standard InChI is InChI=1S/C24H22FN5O5/c25-16-3-1-13-2-6-20(32)30-10-14(21(16)22(13)30)9-26-8-7-15-11-29(24(33)35-15)18-5-4-17-23(27-18)28-19(31)12-34-17/h1-6,14-15,26H,7-12H2,(H,27,28,31)/t14-,15+/m0/s1. The van der Waals surface area contributed by atoms with Gasteiger partial charge >= 0.3 is 6.09 Å². The molecule has 3 aromatic rings. The molecule has 5 heterocycles. The Balaban J connectivity index is 1.06. The van der Waals surface area contributed by atoms with E-state index in [9.17, 15) is 18.8 Å². The summed E-state index contributed by atoms with van der Waals surface area (Å²) in [5.74, 6) is 0.323. The van der Waals surface area contributed by atoms with Crippen LogP contribution in [0.5, 0.6) is 5.75 Å². The number of nitrogens with zero attached hydrogens (tertiary/aromatic N) is 3. The third-order valence-corrected chi connectivity index (χ3v) is 6.59. The number of rotatable bonds is 6. The minimum absolute atomic E-state index is 0.0691. The number of pyridine rings is 2. The molecule has 3 aliphatic heterocycles. The number of anilines is 2. The molecule has 1 fully saturated rings. The van der Waals surface area contributed by atoms with Crippen LogP contribution in [0.3, 0.4) is 0 Å². The van der Waals surface area contributed by atoms with Crippen LogP contribution < -0.4 is 25.8 Å². The molecule has 2 amide bonds. The number of aromatic nitrogens is 2. The molecule has 0 bridgehead atoms. The molecule has 0 spiro atoms. The van der Waals surface area contributed by atoms with Crippen LogP contribution in [0.2, 0.25) is 0 Å². The Labute approximate surface area is 198 Å². The number of ether oxygens (including phenoxy) is 2. The Morgan fingerprint density at radius 1 is 1.11 bits per heavy atom. The first-order chi connectivity index (χ1) is 17.0. The number of amides is 2. The van der Waals surface area contributed by atoms with Crippen LogP contribution in [0.25, 0.3) is 10.9 Å². The summed E-state index contributed by atoms with van der Waals surface area (Å²) in [7, 11) is 0. The topological polar surface area (TPSA) is 115 Å². The Morgan fingerprint density at radius 3 is 2.86 bits per heavy atom. The summed E-state index contributed by atoms with van der Waals surface area (Å²) in [4.78, 5) is 42.0. The maximum absolute atomic E-state index is 14.6. The fraction of sp³-hybridized carbons (Fsp3) is 0.333. The van der Waals surface area contributed by atoms with Crippen molar-refractivity contribution in [2.75, 3.05) is 36.5 Å². The van der Waals surface area contributed by atoms with Gasteiger partial charge in [-0.1, -0.05) is 0 Å². The molecule has 0 aliphatic carbocycles. The van der Waals surface area contributed by atoms with Gasteiger partial charge in [-0.05, 0) is 48.7 Å². The van der Waals surface area contributed by atoms with Gasteiger partial charge in [0.2, 0.25) is 0 Å². The molecule has 10 nitrogen and oxygen atoms in total. The maximum Gasteiger partial charge on any atom is 0.415 e. The second kappa shape index (κ2) is 8.35. The van der Waals surface area contributed by atoms with E-state index in [0.29, 0.717) is 55.2 Å². The van der Waals surface area contributed by atoms with Gasteiger partial charge in [0, 0.05) is 30.6 Å². The molecule has 2 atom stereocenters. The number of carbonyl (C=O) groups is 2. The quantitative estimate of drug-likeness (QED) is 0.520. The largest absolute Gasteiger partial charge is 0.480 e. The van der Waals surface area contributed by atoms with Crippen molar-refractivity contribution in [2.24, 2.45) is 0 Å². The highest BCUT2D eigenvalue weighted by molar-refractivity contribution is 5.95. The summed E-state index contributed by atoms with van der Waals surface area (Å²) in [6, 6.07) is 9.68. The number of carbonyl (C=O) groups excluding carboxylic acids is 2. The average molecular weight is 479 g/mol. The van der Waals surface area contributed by atoms with Gasteiger partial charge < -0.3 is 24.7 Å². The highest BCUT2D eigenvalue weighted by Crippen LogP contribution is 2.34. The van der Waals surface area contributed by atoms with Crippen LogP contribution in [0, 0.1) is 5.82 Å². The molecule has 2 aromatic heterocycles. The Hall–Kier alpha value is -3.99. The van der Waals surface area contributed by atoms with Gasteiger partial charge in [-0.15, -0.1) is 0 Å². The molecule has 3 aliphatic rings. The number of cyclic esters (lactones) is 1. The van der Waals surface area contributed by atoms with Gasteiger partial charge in [0.1, 0.15) is 17.7 Å². The lowest BCUT2D eigenvalue weighted by Crippen LogP contribution is -2.30. The van der Waals surface area contributed by atoms with E-state index in [2.05, 4.69) is 15.6 Å². The lowest BCUT2D eigenvalue weighted by atomic mass is 9.99. The van der Waals surface area contributed by atoms with E-state index in [-0.39, 0.29) is 41.7 Å². The minimum atomic E-state index is -0.509. The zero-order chi connectivity index (χ0) is 24.1. The molecular weight excluding hydrogens is 457 g/mol. The summed E-state index contributed by atoms with van der Waals surface area (Å²) in [6.07, 6.45) is -0.300. The van der Waals surface area contributed by atoms with Gasteiger partial charge in [-0.2, -0.15) is 0 Å². The molecule has 6 rings (SSSR count). The van der Waals surface area contributed by atoms with E-state index in [1.807, 2.05) is 0 Å². The van der Waals surface area contributed by atoms with Crippen LogP contribution in [0.1, 0.15) is 17.9 Å². The first kappa shape index (κ1) is 21.5. The normalized spacial score (nSPS) is 20.5. The summed E-state index contributed by atoms with van der Waals surface area (Å²) in [5.41, 5.74) is 1.11. The number of nitrogens with one attached hydrogen (secondary N) is 2. The van der Waals surface area contributed by atoms with Gasteiger partial charge in [-0.3, -0.25) is 14.5 Å². The molecule has 0 unspecified atom stereocenters. The fourth-order valence-electron chi connectivity index (χ4n) is 4.95. The number of fused-ring (bicyclic) bond motifs is 1. The molecule has 1 aromatic carbocycles. The second-order valence-electron chi connectivity index (χ2n) is 8.84. The van der Waals surface area contributed by atoms with Gasteiger partial charge in [0.05, 0.1) is 12.1 Å². The average Bonchev–Trinajstić information content (AvgIpc) is 3.42. The molecule has 1 saturated heterocycles. The molecule has 35 heavy (non-hydrogen) atoms. The zero-order valence-electron chi connectivity index (χ0n) is 18.6. The molecular formula is C24H22FN5O5. The van der Waals surface area contributed by atoms with Crippen LogP contribution >= 0.6 is 0 Å². The van der Waals surface area contributed by atoms with E-state index in [4.69, 9.17) is 9.47 Å². The van der Waals surface area contributed by atoms with Gasteiger partial charge in [0.15, 0.2) is 18.2 Å². The molecule has 2 N–H and O–H groups in total. The Kier molecular flexibility index (Phi) is 5.14. The van der Waals surface area contributed by atoms with E-state index in [0.717, 1.165) is 5.39 Å². The second-order valence-corrected chi connectivity index (χ2v) is 8.84. The highest BCUT2D eigenvalue weighted by atomic mass is 19.1. The van der Waals surface area contributed by atoms with Crippen molar-refractivity contribution in [2.45, 2.75) is 25.0 Å². The number of benzene rings is 1. The van der Waals surface area contributed by atoms with Gasteiger partial charge in [0.25, 0.3) is 11.5 Å². The van der Waals surface area contributed by atoms with Crippen molar-refractivity contribution < 1.29 is 23.5 Å². The van der Waals surface area contributed by atoms with Crippen molar-refractivity contribution in [3.8, 4) is 5.75 Å². The lowest BCUT2D eigenvalue weighted by molar-refractivity contribution is -0.118. The predicted molar refractivity (Wildman–Crippen MR) is 124 cm³/mol. The fourth-order valence-corrected chi connectivity index (χ4v) is 4.95. The van der Waals surface area contributed by atoms with E-state index >= 15 is 0 Å². The predicted octanol–water partition coefficient (Wildman–Crippen LogP) is 1.97. The van der Waals surface area contributed by atoms with Crippen LogP contribution in [-0.4, -0.2) is 53.9 Å². The Bertz CT molecular complexity index is 1420. The first-order valence-corrected chi connectivity index (χ1v) is 11.4. The molecule has 0 saturated carbocycles. The molecule has 11 heteroatoms. The highest BCUT2D eigenvalue weighted by Gasteiger charge is 2.34. The van der Waals surface area contributed by atoms with E-state index < -0.39 is 6.09 Å². The van der Waals surface area contributed by atoms with Crippen LogP contribution in [0.15, 0.2) is 41.2 Å². The summed E-state index contributed by atoms with van der Waals surface area (Å²) < 4.78 is 27.0. The lowest BCUT2D eigenvalue weighted by Gasteiger charge is -2.19. The third kappa shape index (κ3) is 3.77. The van der Waals surface area contributed by atoms with Crippen molar-refractivity contribution in [3.63, 3.8) is 0 Å². The SMILES string of the molecule is O=C1COc2ccc(N3C[C@@H](CCNC[C@H]4Cn5c(=O)ccc6ccc(F)c4c65)OC3=O)nc2N1. The third-order valence-electron chi connectivity index (χ3n) is 6.59. The number of hydrogen-bond acceptors (Lipinski definition) is 7. The zero-order valence-corrected chi connectivity index (χ0v) is 18.6. The van der Waals surface area contributed by atoms with Crippen molar-refractivity contribution in [3.05, 3.63) is 58.1 Å². The molecule has 180 valence electrons. The van der Waals surface area contributed by atoms with Crippen molar-refractivity contribution in [1.29, 1.82) is 0 Å². The van der Waals surface area contributed by atoms with Crippen LogP contribution in [0.4, 0.5) is 20.8 Å². The van der Waals surface area contributed by atoms with Crippen LogP contribution in [-0.2, 0) is 16.1 Å². The minimum Gasteiger partial charge on any atom is -0.480 e. The van der Waals surface area contributed by atoms with Gasteiger partial charge in [-0.25, -0.2) is 14.2 Å². The summed E-state index contributed by atoms with van der Waals surface area (Å²) >= 11 is 0. The molecule has 0 radical (unpaired) electrons. The Morgan fingerprint density at radius 2 is 1.97 bits per heavy atom. The smallest absolute Gasteiger partial charge is 0.415 e. The maximum atomic E-state index is 14.6. The van der Waals surface area contributed by atoms with E-state index in [1.165, 1.54) is 17.0 Å². The monoisotopic (exact) mass is 479 g/mol. The van der Waals surface area contributed by atoms with E-state index in [1.54, 1.807) is 28.8 Å². The first-order valence-electron chi connectivity index (χ1n) is 11.4. The van der Waals surface area contributed by atoms with Crippen molar-refractivity contribution >= 4 is 34.5 Å². The van der Waals surface area contributed by atoms with Crippen molar-refractivity contribution in [1.82, 2.24) is 14.9 Å². The number of halogens is 1. The summed E-state index contributed by atoms with van der Waals surface area (Å²) in [6.45, 7) is 1.72.